The summed E-state index contributed by atoms with van der Waals surface area (Å²) in [6.45, 7) is 3.89. The standard InChI is InChI=1S/C20H19N5OS/c1-3-14-8-10-15(11-9-14)18-23-20(25-24-18)27-13(2)19(26)22-17-7-5-4-6-16(17)12-21/h4-11,13H,3H2,1-2H3,(H,22,26)(H,23,24,25)/t13-/m0/s1. The molecule has 2 aromatic carbocycles. The normalized spacial score (nSPS) is 11.6. The minimum Gasteiger partial charge on any atom is -0.324 e. The number of thioether (sulfide) groups is 1. The van der Waals surface area contributed by atoms with Crippen molar-refractivity contribution in [2.75, 3.05) is 5.32 Å². The number of benzene rings is 2. The first kappa shape index (κ1) is 18.7. The van der Waals surface area contributed by atoms with Gasteiger partial charge in [-0.15, -0.1) is 5.10 Å². The molecule has 0 aliphatic carbocycles. The Balaban J connectivity index is 1.65. The van der Waals surface area contributed by atoms with E-state index in [-0.39, 0.29) is 5.91 Å². The molecule has 0 bridgehead atoms. The average Bonchev–Trinajstić information content (AvgIpc) is 3.16. The molecule has 7 heteroatoms. The fraction of sp³-hybridized carbons (Fsp3) is 0.200. The van der Waals surface area contributed by atoms with Gasteiger partial charge in [-0.1, -0.05) is 55.1 Å². The minimum atomic E-state index is -0.414. The van der Waals surface area contributed by atoms with Crippen LogP contribution in [0.4, 0.5) is 5.69 Å². The molecule has 3 aromatic rings. The predicted octanol–water partition coefficient (Wildman–Crippen LogP) is 4.03. The van der Waals surface area contributed by atoms with E-state index in [1.165, 1.54) is 17.3 Å². The van der Waals surface area contributed by atoms with Crippen LogP contribution in [-0.2, 0) is 11.2 Å². The second-order valence-corrected chi connectivity index (χ2v) is 7.23. The van der Waals surface area contributed by atoms with Crippen LogP contribution < -0.4 is 5.32 Å². The molecular formula is C20H19N5OS. The fourth-order valence-corrected chi connectivity index (χ4v) is 3.19. The molecule has 0 saturated carbocycles. The number of aromatic nitrogens is 3. The van der Waals surface area contributed by atoms with Gasteiger partial charge in [-0.25, -0.2) is 4.98 Å². The summed E-state index contributed by atoms with van der Waals surface area (Å²) in [5, 5.41) is 19.1. The number of nitrogens with one attached hydrogen (secondary N) is 2. The van der Waals surface area contributed by atoms with E-state index in [0.29, 0.717) is 22.2 Å². The topological polar surface area (TPSA) is 94.5 Å². The van der Waals surface area contributed by atoms with Crippen LogP contribution >= 0.6 is 11.8 Å². The van der Waals surface area contributed by atoms with Gasteiger partial charge in [-0.2, -0.15) is 5.26 Å². The number of rotatable bonds is 6. The second kappa shape index (κ2) is 8.52. The molecule has 0 fully saturated rings. The van der Waals surface area contributed by atoms with Crippen LogP contribution in [0.3, 0.4) is 0 Å². The molecule has 3 rings (SSSR count). The second-order valence-electron chi connectivity index (χ2n) is 5.92. The first-order chi connectivity index (χ1) is 13.1. The summed E-state index contributed by atoms with van der Waals surface area (Å²) in [4.78, 5) is 16.9. The van der Waals surface area contributed by atoms with Crippen LogP contribution in [0.1, 0.15) is 25.0 Å². The Morgan fingerprint density at radius 2 is 2.00 bits per heavy atom. The Bertz CT molecular complexity index is 975. The summed E-state index contributed by atoms with van der Waals surface area (Å²) in [7, 11) is 0. The highest BCUT2D eigenvalue weighted by molar-refractivity contribution is 8.00. The molecule has 6 nitrogen and oxygen atoms in total. The number of H-pyrrole nitrogens is 1. The van der Waals surface area contributed by atoms with Crippen LogP contribution in [0.25, 0.3) is 11.4 Å². The lowest BCUT2D eigenvalue weighted by atomic mass is 10.1. The van der Waals surface area contributed by atoms with Crippen molar-refractivity contribution in [2.45, 2.75) is 30.7 Å². The fourth-order valence-electron chi connectivity index (χ4n) is 2.46. The maximum Gasteiger partial charge on any atom is 0.237 e. The van der Waals surface area contributed by atoms with Gasteiger partial charge in [-0.05, 0) is 31.0 Å². The van der Waals surface area contributed by atoms with Gasteiger partial charge in [0, 0.05) is 5.56 Å². The molecule has 0 aliphatic rings. The largest absolute Gasteiger partial charge is 0.324 e. The Morgan fingerprint density at radius 3 is 2.70 bits per heavy atom. The van der Waals surface area contributed by atoms with E-state index in [2.05, 4.69) is 45.6 Å². The monoisotopic (exact) mass is 377 g/mol. The van der Waals surface area contributed by atoms with Gasteiger partial charge in [0.25, 0.3) is 0 Å². The highest BCUT2D eigenvalue weighted by atomic mass is 32.2. The number of aromatic amines is 1. The third kappa shape index (κ3) is 4.54. The molecule has 0 unspecified atom stereocenters. The van der Waals surface area contributed by atoms with E-state index in [9.17, 15) is 4.79 Å². The summed E-state index contributed by atoms with van der Waals surface area (Å²) in [6, 6.07) is 17.1. The van der Waals surface area contributed by atoms with Gasteiger partial charge in [0.05, 0.1) is 16.5 Å². The van der Waals surface area contributed by atoms with E-state index >= 15 is 0 Å². The molecule has 1 amide bonds. The molecule has 2 N–H and O–H groups in total. The molecule has 0 saturated heterocycles. The van der Waals surface area contributed by atoms with Crippen LogP contribution in [0, 0.1) is 11.3 Å². The molecule has 1 aromatic heterocycles. The maximum atomic E-state index is 12.4. The molecule has 136 valence electrons. The van der Waals surface area contributed by atoms with Gasteiger partial charge in [0.1, 0.15) is 6.07 Å². The third-order valence-corrected chi connectivity index (χ3v) is 5.02. The van der Waals surface area contributed by atoms with Gasteiger partial charge in [-0.3, -0.25) is 9.89 Å². The quantitative estimate of drug-likeness (QED) is 0.633. The van der Waals surface area contributed by atoms with Crippen molar-refractivity contribution < 1.29 is 4.79 Å². The number of aryl methyl sites for hydroxylation is 1. The molecule has 1 atom stereocenters. The number of amides is 1. The van der Waals surface area contributed by atoms with E-state index in [1.54, 1.807) is 31.2 Å². The Labute approximate surface area is 162 Å². The third-order valence-electron chi connectivity index (χ3n) is 4.06. The molecule has 0 spiro atoms. The smallest absolute Gasteiger partial charge is 0.237 e. The summed E-state index contributed by atoms with van der Waals surface area (Å²) >= 11 is 1.26. The summed E-state index contributed by atoms with van der Waals surface area (Å²) < 4.78 is 0. The van der Waals surface area contributed by atoms with Crippen molar-refractivity contribution in [1.82, 2.24) is 15.2 Å². The number of hydrogen-bond acceptors (Lipinski definition) is 5. The molecule has 0 aliphatic heterocycles. The van der Waals surface area contributed by atoms with Crippen molar-refractivity contribution in [3.05, 3.63) is 59.7 Å². The SMILES string of the molecule is CCc1ccc(-c2nc(S[C@@H](C)C(=O)Nc3ccccc3C#N)n[nH]2)cc1. The number of nitriles is 1. The average molecular weight is 377 g/mol. The summed E-state index contributed by atoms with van der Waals surface area (Å²) in [5.74, 6) is 0.462. The zero-order valence-electron chi connectivity index (χ0n) is 15.1. The van der Waals surface area contributed by atoms with Crippen molar-refractivity contribution >= 4 is 23.4 Å². The van der Waals surface area contributed by atoms with E-state index in [4.69, 9.17) is 5.26 Å². The van der Waals surface area contributed by atoms with Crippen molar-refractivity contribution in [3.63, 3.8) is 0 Å². The van der Waals surface area contributed by atoms with E-state index in [1.807, 2.05) is 12.1 Å². The number of hydrogen-bond donors (Lipinski definition) is 2. The van der Waals surface area contributed by atoms with E-state index in [0.717, 1.165) is 12.0 Å². The first-order valence-electron chi connectivity index (χ1n) is 8.59. The lowest BCUT2D eigenvalue weighted by molar-refractivity contribution is -0.115. The van der Waals surface area contributed by atoms with Crippen LogP contribution in [0.2, 0.25) is 0 Å². The minimum absolute atomic E-state index is 0.207. The van der Waals surface area contributed by atoms with Crippen molar-refractivity contribution in [3.8, 4) is 17.5 Å². The number of carbonyl (C=O) groups excluding carboxylic acids is 1. The molecule has 27 heavy (non-hydrogen) atoms. The van der Waals surface area contributed by atoms with Gasteiger partial charge in [0.2, 0.25) is 11.1 Å². The Kier molecular flexibility index (Phi) is 5.89. The van der Waals surface area contributed by atoms with E-state index < -0.39 is 5.25 Å². The number of anilines is 1. The molecule has 0 radical (unpaired) electrons. The number of carbonyl (C=O) groups is 1. The van der Waals surface area contributed by atoms with Crippen molar-refractivity contribution in [1.29, 1.82) is 5.26 Å². The van der Waals surface area contributed by atoms with Gasteiger partial charge < -0.3 is 5.32 Å². The maximum absolute atomic E-state index is 12.4. The van der Waals surface area contributed by atoms with Gasteiger partial charge in [0.15, 0.2) is 5.82 Å². The zero-order valence-corrected chi connectivity index (χ0v) is 15.9. The summed E-state index contributed by atoms with van der Waals surface area (Å²) in [6.07, 6.45) is 0.985. The van der Waals surface area contributed by atoms with Crippen LogP contribution in [-0.4, -0.2) is 26.3 Å². The Hall–Kier alpha value is -3.11. The zero-order chi connectivity index (χ0) is 19.2. The molecule has 1 heterocycles. The van der Waals surface area contributed by atoms with Crippen LogP contribution in [0.15, 0.2) is 53.7 Å². The first-order valence-corrected chi connectivity index (χ1v) is 9.47. The van der Waals surface area contributed by atoms with Crippen molar-refractivity contribution in [2.24, 2.45) is 0 Å². The Morgan fingerprint density at radius 1 is 1.26 bits per heavy atom. The number of nitrogens with zero attached hydrogens (tertiary/aromatic N) is 3. The lowest BCUT2D eigenvalue weighted by Crippen LogP contribution is -2.23. The number of para-hydroxylation sites is 1. The molecular weight excluding hydrogens is 358 g/mol. The highest BCUT2D eigenvalue weighted by Crippen LogP contribution is 2.24. The summed E-state index contributed by atoms with van der Waals surface area (Å²) in [5.41, 5.74) is 3.14. The highest BCUT2D eigenvalue weighted by Gasteiger charge is 2.18. The predicted molar refractivity (Wildman–Crippen MR) is 106 cm³/mol. The van der Waals surface area contributed by atoms with Gasteiger partial charge >= 0.3 is 0 Å². The lowest BCUT2D eigenvalue weighted by Gasteiger charge is -2.11. The van der Waals surface area contributed by atoms with Crippen LogP contribution in [0.5, 0.6) is 0 Å².